The summed E-state index contributed by atoms with van der Waals surface area (Å²) >= 11 is 4.86. The first-order valence-corrected chi connectivity index (χ1v) is 7.21. The average Bonchev–Trinajstić information content (AvgIpc) is 2.56. The SMILES string of the molecule is C=CCN1C(=O)/C(=C\c2cc([N+](=O)[O-])cc([N+](=O)[O-])c2[O-])C(=O)NC1=S. The number of hydrogen-bond acceptors (Lipinski definition) is 8. The molecule has 1 saturated heterocycles. The van der Waals surface area contributed by atoms with E-state index < -0.39 is 49.9 Å². The largest absolute Gasteiger partial charge is 0.867 e. The van der Waals surface area contributed by atoms with Crippen LogP contribution in [0.5, 0.6) is 5.75 Å². The monoisotopic (exact) mass is 377 g/mol. The fourth-order valence-electron chi connectivity index (χ4n) is 2.11. The molecule has 0 saturated carbocycles. The Hall–Kier alpha value is -3.67. The molecule has 134 valence electrons. The van der Waals surface area contributed by atoms with E-state index in [9.17, 15) is 34.9 Å². The van der Waals surface area contributed by atoms with Crippen LogP contribution in [-0.2, 0) is 9.59 Å². The molecule has 2 amide bonds. The van der Waals surface area contributed by atoms with Gasteiger partial charge in [-0.15, -0.1) is 6.58 Å². The number of carbonyl (C=O) groups excluding carboxylic acids is 2. The molecule has 2 rings (SSSR count). The maximum Gasteiger partial charge on any atom is 0.276 e. The van der Waals surface area contributed by atoms with E-state index in [0.717, 1.165) is 17.0 Å². The maximum atomic E-state index is 12.4. The number of nitrogens with zero attached hydrogens (tertiary/aromatic N) is 3. The molecule has 0 bridgehead atoms. The molecule has 26 heavy (non-hydrogen) atoms. The van der Waals surface area contributed by atoms with E-state index >= 15 is 0 Å². The van der Waals surface area contributed by atoms with Crippen LogP contribution in [0.3, 0.4) is 0 Å². The van der Waals surface area contributed by atoms with Crippen molar-refractivity contribution in [2.24, 2.45) is 0 Å². The van der Waals surface area contributed by atoms with E-state index in [1.54, 1.807) is 0 Å². The molecule has 0 aromatic heterocycles. The Morgan fingerprint density at radius 2 is 1.88 bits per heavy atom. The third-order valence-electron chi connectivity index (χ3n) is 3.29. The Kier molecular flexibility index (Phi) is 5.07. The lowest BCUT2D eigenvalue weighted by Gasteiger charge is -2.28. The van der Waals surface area contributed by atoms with Crippen LogP contribution in [0.1, 0.15) is 5.56 Å². The van der Waals surface area contributed by atoms with E-state index in [4.69, 9.17) is 12.2 Å². The van der Waals surface area contributed by atoms with E-state index in [1.807, 2.05) is 0 Å². The first-order chi connectivity index (χ1) is 12.2. The van der Waals surface area contributed by atoms with Crippen molar-refractivity contribution in [2.45, 2.75) is 0 Å². The zero-order valence-electron chi connectivity index (χ0n) is 12.8. The second-order valence-electron chi connectivity index (χ2n) is 4.92. The summed E-state index contributed by atoms with van der Waals surface area (Å²) in [4.78, 5) is 45.2. The topological polar surface area (TPSA) is 159 Å². The van der Waals surface area contributed by atoms with Gasteiger partial charge in [0.05, 0.1) is 15.9 Å². The zero-order chi connectivity index (χ0) is 19.6. The van der Waals surface area contributed by atoms with Crippen LogP contribution in [0.25, 0.3) is 6.08 Å². The molecule has 0 radical (unpaired) electrons. The second kappa shape index (κ2) is 7.06. The van der Waals surface area contributed by atoms with Crippen molar-refractivity contribution in [2.75, 3.05) is 6.54 Å². The van der Waals surface area contributed by atoms with Crippen LogP contribution in [-0.4, -0.2) is 38.2 Å². The molecule has 1 aromatic carbocycles. The van der Waals surface area contributed by atoms with Gasteiger partial charge >= 0.3 is 0 Å². The van der Waals surface area contributed by atoms with Crippen molar-refractivity contribution in [3.63, 3.8) is 0 Å². The van der Waals surface area contributed by atoms with Crippen molar-refractivity contribution in [3.05, 3.63) is 56.2 Å². The van der Waals surface area contributed by atoms with Crippen LogP contribution >= 0.6 is 12.2 Å². The minimum Gasteiger partial charge on any atom is -0.867 e. The number of hydrogen-bond donors (Lipinski definition) is 1. The van der Waals surface area contributed by atoms with E-state index in [0.29, 0.717) is 6.07 Å². The third kappa shape index (κ3) is 3.39. The van der Waals surface area contributed by atoms with Gasteiger partial charge in [-0.1, -0.05) is 6.08 Å². The number of non-ortho nitro benzene ring substituents is 1. The predicted molar refractivity (Wildman–Crippen MR) is 89.8 cm³/mol. The van der Waals surface area contributed by atoms with Gasteiger partial charge in [-0.2, -0.15) is 0 Å². The number of rotatable bonds is 5. The fourth-order valence-corrected chi connectivity index (χ4v) is 2.36. The highest BCUT2D eigenvalue weighted by molar-refractivity contribution is 7.80. The highest BCUT2D eigenvalue weighted by atomic mass is 32.1. The van der Waals surface area contributed by atoms with Gasteiger partial charge in [0.1, 0.15) is 5.57 Å². The van der Waals surface area contributed by atoms with Crippen molar-refractivity contribution in [1.82, 2.24) is 10.2 Å². The molecule has 1 aromatic rings. The van der Waals surface area contributed by atoms with Crippen molar-refractivity contribution in [1.29, 1.82) is 0 Å². The maximum absolute atomic E-state index is 12.4. The van der Waals surface area contributed by atoms with Crippen LogP contribution in [0, 0.1) is 20.2 Å². The van der Waals surface area contributed by atoms with Gasteiger partial charge in [0, 0.05) is 12.6 Å². The predicted octanol–water partition coefficient (Wildman–Crippen LogP) is 0.389. The number of carbonyl (C=O) groups is 2. The summed E-state index contributed by atoms with van der Waals surface area (Å²) in [5.74, 6) is -2.97. The summed E-state index contributed by atoms with van der Waals surface area (Å²) in [5.41, 5.74) is -2.87. The summed E-state index contributed by atoms with van der Waals surface area (Å²) in [6.45, 7) is 3.41. The summed E-state index contributed by atoms with van der Waals surface area (Å²) < 4.78 is 0. The van der Waals surface area contributed by atoms with Crippen LogP contribution < -0.4 is 10.4 Å². The molecule has 12 heteroatoms. The van der Waals surface area contributed by atoms with E-state index in [2.05, 4.69) is 11.9 Å². The Labute approximate surface area is 150 Å². The number of thiocarbonyl (C=S) groups is 1. The molecule has 1 aliphatic rings. The van der Waals surface area contributed by atoms with Crippen molar-refractivity contribution in [3.8, 4) is 5.75 Å². The summed E-state index contributed by atoms with van der Waals surface area (Å²) in [6.07, 6.45) is 2.11. The highest BCUT2D eigenvalue weighted by Crippen LogP contribution is 2.34. The Morgan fingerprint density at radius 3 is 2.42 bits per heavy atom. The highest BCUT2D eigenvalue weighted by Gasteiger charge is 2.33. The average molecular weight is 377 g/mol. The van der Waals surface area contributed by atoms with Crippen molar-refractivity contribution >= 4 is 46.6 Å². The van der Waals surface area contributed by atoms with Crippen LogP contribution in [0.2, 0.25) is 0 Å². The minimum absolute atomic E-state index is 0.0331. The van der Waals surface area contributed by atoms with Crippen LogP contribution in [0.15, 0.2) is 30.4 Å². The first kappa shape index (κ1) is 18.7. The molecule has 0 atom stereocenters. The molecule has 1 aliphatic heterocycles. The van der Waals surface area contributed by atoms with Gasteiger partial charge in [-0.05, 0) is 29.6 Å². The van der Waals surface area contributed by atoms with Crippen LogP contribution in [0.4, 0.5) is 11.4 Å². The summed E-state index contributed by atoms with van der Waals surface area (Å²) in [6, 6.07) is 1.25. The normalized spacial score (nSPS) is 15.8. The minimum atomic E-state index is -1.17. The van der Waals surface area contributed by atoms with Gasteiger partial charge in [-0.25, -0.2) is 0 Å². The Bertz CT molecular complexity index is 909. The lowest BCUT2D eigenvalue weighted by molar-refractivity contribution is -0.403. The molecule has 11 nitrogen and oxygen atoms in total. The molecular formula is C14H9N4O7S-. The first-order valence-electron chi connectivity index (χ1n) is 6.81. The third-order valence-corrected chi connectivity index (χ3v) is 3.61. The number of nitro benzene ring substituents is 2. The lowest BCUT2D eigenvalue weighted by Crippen LogP contribution is -2.53. The van der Waals surface area contributed by atoms with E-state index in [1.165, 1.54) is 6.08 Å². The van der Waals surface area contributed by atoms with Gasteiger partial charge < -0.3 is 5.11 Å². The fraction of sp³-hybridized carbons (Fsp3) is 0.0714. The molecule has 1 fully saturated rings. The summed E-state index contributed by atoms with van der Waals surface area (Å²) in [7, 11) is 0. The van der Waals surface area contributed by atoms with E-state index in [-0.39, 0.29) is 11.7 Å². The molecule has 1 heterocycles. The second-order valence-corrected chi connectivity index (χ2v) is 5.31. The Morgan fingerprint density at radius 1 is 1.23 bits per heavy atom. The van der Waals surface area contributed by atoms with Gasteiger partial charge in [-0.3, -0.25) is 40.0 Å². The number of nitro groups is 2. The number of benzene rings is 1. The lowest BCUT2D eigenvalue weighted by atomic mass is 10.0. The van der Waals surface area contributed by atoms with Gasteiger partial charge in [0.15, 0.2) is 5.11 Å². The summed E-state index contributed by atoms with van der Waals surface area (Å²) in [5, 5.41) is 36.0. The standard InChI is InChI=1S/C14H10N4O7S/c1-2-3-16-13(21)9(12(20)15-14(16)26)5-7-4-8(17(22)23)6-10(11(7)19)18(24)25/h2,4-6,19H,1,3H2,(H,15,20,26)/p-1/b9-5-. The molecule has 0 spiro atoms. The number of nitrogens with one attached hydrogen (secondary N) is 1. The van der Waals surface area contributed by atoms with Gasteiger partial charge in [0.2, 0.25) is 0 Å². The molecular weight excluding hydrogens is 368 g/mol. The molecule has 0 aliphatic carbocycles. The molecule has 0 unspecified atom stereocenters. The van der Waals surface area contributed by atoms with Crippen molar-refractivity contribution < 1.29 is 24.5 Å². The zero-order valence-corrected chi connectivity index (χ0v) is 13.6. The molecule has 1 N–H and O–H groups in total. The quantitative estimate of drug-likeness (QED) is 0.193. The number of amides is 2. The van der Waals surface area contributed by atoms with Gasteiger partial charge in [0.25, 0.3) is 23.2 Å². The Balaban J connectivity index is 2.63. The smallest absolute Gasteiger partial charge is 0.276 e.